The van der Waals surface area contributed by atoms with Crippen LogP contribution in [0, 0.1) is 0 Å². The van der Waals surface area contributed by atoms with Crippen LogP contribution in [0.1, 0.15) is 20.3 Å². The van der Waals surface area contributed by atoms with Gasteiger partial charge in [0.05, 0.1) is 18.3 Å². The van der Waals surface area contributed by atoms with Gasteiger partial charge < -0.3 is 29.5 Å². The van der Waals surface area contributed by atoms with E-state index < -0.39 is 43.9 Å². The van der Waals surface area contributed by atoms with Gasteiger partial charge in [0.2, 0.25) is 0 Å². The Balaban J connectivity index is 2.51. The first-order chi connectivity index (χ1) is 8.15. The topological polar surface area (TPSA) is 116 Å². The minimum atomic E-state index is -4.10. The van der Waals surface area contributed by atoms with Crippen molar-refractivity contribution in [2.75, 3.05) is 0 Å². The Kier molecular flexibility index (Phi) is 5.38. The second kappa shape index (κ2) is 6.01. The molecule has 0 saturated carbocycles. The average Bonchev–Trinajstić information content (AvgIpc) is 2.45. The molecule has 0 bridgehead atoms. The van der Waals surface area contributed by atoms with Crippen LogP contribution in [0.3, 0.4) is 0 Å². The number of aliphatic hydroxyl groups is 3. The lowest BCUT2D eigenvalue weighted by Gasteiger charge is -2.23. The molecule has 7 nitrogen and oxygen atoms in total. The Morgan fingerprint density at radius 2 is 1.94 bits per heavy atom. The molecule has 1 heterocycles. The van der Waals surface area contributed by atoms with Crippen LogP contribution in [0.2, 0.25) is 0 Å². The quantitative estimate of drug-likeness (QED) is 0.374. The molecule has 104 valence electrons. The summed E-state index contributed by atoms with van der Waals surface area (Å²) in [5.74, 6) is -1.50. The van der Waals surface area contributed by atoms with E-state index in [9.17, 15) is 19.7 Å². The van der Waals surface area contributed by atoms with Gasteiger partial charge in [-0.15, -0.1) is 0 Å². The van der Waals surface area contributed by atoms with Gasteiger partial charge in [-0.05, 0) is 13.8 Å². The van der Waals surface area contributed by atoms with Crippen molar-refractivity contribution in [1.29, 1.82) is 0 Å². The highest BCUT2D eigenvalue weighted by molar-refractivity contribution is 7.53. The summed E-state index contributed by atoms with van der Waals surface area (Å²) in [5, 5.41) is 28.0. The summed E-state index contributed by atoms with van der Waals surface area (Å²) < 4.78 is 21.3. The molecule has 9 heteroatoms. The maximum Gasteiger partial charge on any atom is 0.356 e. The molecule has 4 N–H and O–H groups in total. The van der Waals surface area contributed by atoms with E-state index in [1.54, 1.807) is 0 Å². The number of hydrogen-bond acceptors (Lipinski definition) is 6. The third-order valence-corrected chi connectivity index (χ3v) is 4.37. The Bertz CT molecular complexity index is 326. The van der Waals surface area contributed by atoms with E-state index in [-0.39, 0.29) is 6.42 Å². The summed E-state index contributed by atoms with van der Waals surface area (Å²) in [6.45, 7) is 2.64. The van der Waals surface area contributed by atoms with E-state index in [0.717, 1.165) is 6.92 Å². The Morgan fingerprint density at radius 3 is 2.33 bits per heavy atom. The molecular formula is C9H18BO7P. The van der Waals surface area contributed by atoms with Crippen molar-refractivity contribution < 1.29 is 34.0 Å². The van der Waals surface area contributed by atoms with Gasteiger partial charge in [0, 0.05) is 12.4 Å². The first kappa shape index (κ1) is 16.1. The van der Waals surface area contributed by atoms with E-state index in [1.807, 2.05) is 0 Å². The molecule has 1 rings (SSSR count). The van der Waals surface area contributed by atoms with Crippen molar-refractivity contribution in [2.24, 2.45) is 0 Å². The number of hydrogen-bond donors (Lipinski definition) is 4. The van der Waals surface area contributed by atoms with Crippen molar-refractivity contribution in [3.8, 4) is 0 Å². The molecule has 0 aromatic rings. The lowest BCUT2D eigenvalue weighted by Crippen LogP contribution is -2.34. The SMILES string of the molecule is [B][C@@H]1O[C@H](CC(C)OP(=O)(O)C(C)O)C(O)[C@@H]1O. The summed E-state index contributed by atoms with van der Waals surface area (Å²) >= 11 is 0. The van der Waals surface area contributed by atoms with Gasteiger partial charge in [-0.3, -0.25) is 4.57 Å². The van der Waals surface area contributed by atoms with Gasteiger partial charge in [0.1, 0.15) is 14.0 Å². The third-order valence-electron chi connectivity index (χ3n) is 2.77. The van der Waals surface area contributed by atoms with Gasteiger partial charge in [-0.2, -0.15) is 0 Å². The summed E-state index contributed by atoms with van der Waals surface area (Å²) in [4.78, 5) is 9.31. The van der Waals surface area contributed by atoms with E-state index in [0.29, 0.717) is 0 Å². The number of aliphatic hydroxyl groups excluding tert-OH is 3. The molecule has 1 aliphatic rings. The number of rotatable bonds is 5. The first-order valence-electron chi connectivity index (χ1n) is 5.61. The second-order valence-electron chi connectivity index (χ2n) is 4.47. The van der Waals surface area contributed by atoms with E-state index in [4.69, 9.17) is 22.2 Å². The summed E-state index contributed by atoms with van der Waals surface area (Å²) in [7, 11) is 1.29. The maximum absolute atomic E-state index is 11.4. The molecule has 0 aromatic heterocycles. The molecule has 0 aliphatic carbocycles. The van der Waals surface area contributed by atoms with Crippen LogP contribution >= 0.6 is 7.60 Å². The zero-order valence-electron chi connectivity index (χ0n) is 10.2. The van der Waals surface area contributed by atoms with Gasteiger partial charge in [-0.25, -0.2) is 0 Å². The molecule has 0 amide bonds. The normalized spacial score (nSPS) is 39.2. The monoisotopic (exact) mass is 280 g/mol. The largest absolute Gasteiger partial charge is 0.388 e. The summed E-state index contributed by atoms with van der Waals surface area (Å²) in [6.07, 6.45) is -3.81. The van der Waals surface area contributed by atoms with Crippen molar-refractivity contribution >= 4 is 15.4 Å². The molecule has 1 saturated heterocycles. The smallest absolute Gasteiger partial charge is 0.356 e. The van der Waals surface area contributed by atoms with Gasteiger partial charge in [0.25, 0.3) is 0 Å². The maximum atomic E-state index is 11.4. The van der Waals surface area contributed by atoms with E-state index >= 15 is 0 Å². The minimum Gasteiger partial charge on any atom is -0.388 e. The van der Waals surface area contributed by atoms with Crippen LogP contribution in [0.5, 0.6) is 0 Å². The molecule has 2 radical (unpaired) electrons. The van der Waals surface area contributed by atoms with Crippen LogP contribution in [0.25, 0.3) is 0 Å². The predicted octanol–water partition coefficient (Wildman–Crippen LogP) is -1.08. The van der Waals surface area contributed by atoms with Crippen molar-refractivity contribution in [1.82, 2.24) is 0 Å². The fourth-order valence-electron chi connectivity index (χ4n) is 1.69. The van der Waals surface area contributed by atoms with Crippen molar-refractivity contribution in [2.45, 2.75) is 56.5 Å². The Labute approximate surface area is 107 Å². The third kappa shape index (κ3) is 3.77. The molecule has 18 heavy (non-hydrogen) atoms. The predicted molar refractivity (Wildman–Crippen MR) is 63.1 cm³/mol. The molecule has 4 unspecified atom stereocenters. The van der Waals surface area contributed by atoms with Crippen LogP contribution in [-0.2, 0) is 13.8 Å². The second-order valence-corrected chi connectivity index (χ2v) is 6.55. The van der Waals surface area contributed by atoms with Gasteiger partial charge in [-0.1, -0.05) is 0 Å². The fourth-order valence-corrected chi connectivity index (χ4v) is 2.47. The zero-order valence-corrected chi connectivity index (χ0v) is 11.1. The molecular weight excluding hydrogens is 262 g/mol. The first-order valence-corrected chi connectivity index (χ1v) is 7.26. The molecule has 1 aliphatic heterocycles. The standard InChI is InChI=1S/C9H18BO7P/c1-4(17-18(14,15)5(2)11)3-6-7(12)8(13)9(10)16-6/h4-9,11-13H,3H2,1-2H3,(H,14,15)/t4?,5?,6-,7?,8+,9-/m1/s1. The highest BCUT2D eigenvalue weighted by Crippen LogP contribution is 2.47. The highest BCUT2D eigenvalue weighted by atomic mass is 31.2. The van der Waals surface area contributed by atoms with Gasteiger partial charge >= 0.3 is 7.60 Å². The Hall–Kier alpha value is 0.0549. The van der Waals surface area contributed by atoms with Crippen LogP contribution in [-0.4, -0.2) is 64.3 Å². The lowest BCUT2D eigenvalue weighted by atomic mass is 9.92. The molecule has 7 atom stereocenters. The Morgan fingerprint density at radius 1 is 1.39 bits per heavy atom. The van der Waals surface area contributed by atoms with Gasteiger partial charge in [0.15, 0.2) is 5.85 Å². The molecule has 1 fully saturated rings. The van der Waals surface area contributed by atoms with Crippen molar-refractivity contribution in [3.05, 3.63) is 0 Å². The molecule has 0 spiro atoms. The lowest BCUT2D eigenvalue weighted by molar-refractivity contribution is -0.00247. The summed E-state index contributed by atoms with van der Waals surface area (Å²) in [6, 6.07) is -0.991. The van der Waals surface area contributed by atoms with Crippen LogP contribution < -0.4 is 0 Å². The van der Waals surface area contributed by atoms with Crippen molar-refractivity contribution in [3.63, 3.8) is 0 Å². The minimum absolute atomic E-state index is 0.0726. The van der Waals surface area contributed by atoms with Crippen LogP contribution in [0.15, 0.2) is 0 Å². The van der Waals surface area contributed by atoms with Crippen LogP contribution in [0.4, 0.5) is 0 Å². The highest BCUT2D eigenvalue weighted by Gasteiger charge is 2.41. The number of ether oxygens (including phenoxy) is 1. The fraction of sp³-hybridized carbons (Fsp3) is 1.00. The summed E-state index contributed by atoms with van der Waals surface area (Å²) in [5.41, 5.74) is 0. The van der Waals surface area contributed by atoms with E-state index in [1.165, 1.54) is 6.92 Å². The zero-order chi connectivity index (χ0) is 14.1. The average molecular weight is 280 g/mol. The van der Waals surface area contributed by atoms with E-state index in [2.05, 4.69) is 0 Å². The molecule has 0 aromatic carbocycles.